The number of carbonyl (C=O) groups is 1. The van der Waals surface area contributed by atoms with Gasteiger partial charge in [-0.3, -0.25) is 4.79 Å². The summed E-state index contributed by atoms with van der Waals surface area (Å²) in [5.41, 5.74) is 0. The molecule has 0 fully saturated rings. The van der Waals surface area contributed by atoms with Crippen LogP contribution in [0.15, 0.2) is 30.4 Å². The van der Waals surface area contributed by atoms with Crippen LogP contribution < -0.4 is 4.74 Å². The first kappa shape index (κ1) is 24.8. The largest absolute Gasteiger partial charge is 0.489 e. The van der Waals surface area contributed by atoms with Crippen molar-refractivity contribution in [1.29, 1.82) is 0 Å². The molecule has 0 aliphatic heterocycles. The summed E-state index contributed by atoms with van der Waals surface area (Å²) in [5.74, 6) is -0.189. The third-order valence-corrected chi connectivity index (χ3v) is 5.02. The van der Waals surface area contributed by atoms with Gasteiger partial charge in [-0.25, -0.2) is 0 Å². The molecule has 1 aromatic carbocycles. The van der Waals surface area contributed by atoms with Crippen molar-refractivity contribution in [2.45, 2.75) is 64.1 Å². The van der Waals surface area contributed by atoms with Crippen LogP contribution in [0.2, 0.25) is 10.0 Å². The zero-order chi connectivity index (χ0) is 20.9. The van der Waals surface area contributed by atoms with E-state index in [0.29, 0.717) is 28.6 Å². The van der Waals surface area contributed by atoms with Gasteiger partial charge in [0.25, 0.3) is 0 Å². The van der Waals surface area contributed by atoms with E-state index in [2.05, 4.69) is 0 Å². The molecule has 3 atom stereocenters. The lowest BCUT2D eigenvalue weighted by Gasteiger charge is -2.19. The molecule has 0 amide bonds. The molecule has 0 heterocycles. The Labute approximate surface area is 176 Å². The Morgan fingerprint density at radius 1 is 1.18 bits per heavy atom. The zero-order valence-electron chi connectivity index (χ0n) is 16.2. The molecule has 3 unspecified atom stereocenters. The molecular weight excluding hydrogens is 403 g/mol. The first-order valence-corrected chi connectivity index (χ1v) is 10.4. The highest BCUT2D eigenvalue weighted by atomic mass is 35.5. The summed E-state index contributed by atoms with van der Waals surface area (Å²) in [6.45, 7) is 1.91. The van der Waals surface area contributed by atoms with Crippen molar-refractivity contribution in [2.24, 2.45) is 5.92 Å². The summed E-state index contributed by atoms with van der Waals surface area (Å²) in [7, 11) is 0. The molecule has 7 heteroatoms. The van der Waals surface area contributed by atoms with Crippen molar-refractivity contribution < 1.29 is 24.9 Å². The molecule has 1 aromatic rings. The molecule has 1 rings (SSSR count). The van der Waals surface area contributed by atoms with E-state index in [-0.39, 0.29) is 18.9 Å². The average Bonchev–Trinajstić information content (AvgIpc) is 2.61. The minimum absolute atomic E-state index is 0.106. The Bertz CT molecular complexity index is 619. The van der Waals surface area contributed by atoms with Crippen molar-refractivity contribution in [2.75, 3.05) is 6.61 Å². The molecule has 28 heavy (non-hydrogen) atoms. The predicted octanol–water partition coefficient (Wildman–Crippen LogP) is 5.10. The SMILES string of the molecule is CC(O)C(CC=CCCCC(=O)O)CCCC(O)COc1ccc(Cl)cc1Cl. The predicted molar refractivity (Wildman–Crippen MR) is 112 cm³/mol. The van der Waals surface area contributed by atoms with E-state index in [1.54, 1.807) is 25.1 Å². The molecular formula is C21H30Cl2O5. The van der Waals surface area contributed by atoms with Crippen LogP contribution in [-0.4, -0.2) is 40.1 Å². The van der Waals surface area contributed by atoms with Gasteiger partial charge < -0.3 is 20.1 Å². The summed E-state index contributed by atoms with van der Waals surface area (Å²) in [5, 5.41) is 29.6. The number of carboxylic acids is 1. The summed E-state index contributed by atoms with van der Waals surface area (Å²) in [4.78, 5) is 10.5. The maximum Gasteiger partial charge on any atom is 0.303 e. The number of hydrogen-bond donors (Lipinski definition) is 3. The van der Waals surface area contributed by atoms with Gasteiger partial charge in [-0.05, 0) is 63.1 Å². The number of unbranched alkanes of at least 4 members (excludes halogenated alkanes) is 1. The van der Waals surface area contributed by atoms with Crippen molar-refractivity contribution in [3.8, 4) is 5.75 Å². The summed E-state index contributed by atoms with van der Waals surface area (Å²) in [6, 6.07) is 4.94. The molecule has 0 aliphatic rings. The van der Waals surface area contributed by atoms with E-state index in [0.717, 1.165) is 25.7 Å². The number of carboxylic acid groups (broad SMARTS) is 1. The van der Waals surface area contributed by atoms with Crippen LogP contribution in [0.1, 0.15) is 51.9 Å². The quantitative estimate of drug-likeness (QED) is 0.281. The van der Waals surface area contributed by atoms with E-state index in [1.807, 2.05) is 12.2 Å². The Balaban J connectivity index is 2.27. The fourth-order valence-corrected chi connectivity index (χ4v) is 3.26. The topological polar surface area (TPSA) is 87.0 Å². The maximum atomic E-state index is 10.5. The van der Waals surface area contributed by atoms with E-state index in [4.69, 9.17) is 33.0 Å². The second-order valence-corrected chi connectivity index (χ2v) is 7.81. The highest BCUT2D eigenvalue weighted by Crippen LogP contribution is 2.27. The minimum atomic E-state index is -0.781. The Morgan fingerprint density at radius 2 is 1.93 bits per heavy atom. The van der Waals surface area contributed by atoms with Gasteiger partial charge in [0.2, 0.25) is 0 Å². The Morgan fingerprint density at radius 3 is 2.57 bits per heavy atom. The van der Waals surface area contributed by atoms with Crippen molar-refractivity contribution in [3.05, 3.63) is 40.4 Å². The van der Waals surface area contributed by atoms with Crippen LogP contribution in [-0.2, 0) is 4.79 Å². The van der Waals surface area contributed by atoms with Crippen molar-refractivity contribution in [1.82, 2.24) is 0 Å². The van der Waals surface area contributed by atoms with Gasteiger partial charge in [0.05, 0.1) is 17.2 Å². The fraction of sp³-hybridized carbons (Fsp3) is 0.571. The average molecular weight is 433 g/mol. The number of hydrogen-bond acceptors (Lipinski definition) is 4. The van der Waals surface area contributed by atoms with Gasteiger partial charge in [0, 0.05) is 11.4 Å². The molecule has 0 saturated carbocycles. The van der Waals surface area contributed by atoms with Gasteiger partial charge in [-0.15, -0.1) is 0 Å². The summed E-state index contributed by atoms with van der Waals surface area (Å²) >= 11 is 11.9. The lowest BCUT2D eigenvalue weighted by Crippen LogP contribution is -2.20. The molecule has 0 aliphatic carbocycles. The number of aliphatic hydroxyl groups is 2. The summed E-state index contributed by atoms with van der Waals surface area (Å²) < 4.78 is 5.53. The second-order valence-electron chi connectivity index (χ2n) is 6.96. The van der Waals surface area contributed by atoms with E-state index in [9.17, 15) is 15.0 Å². The molecule has 0 saturated heterocycles. The van der Waals surface area contributed by atoms with E-state index >= 15 is 0 Å². The third kappa shape index (κ3) is 10.9. The fourth-order valence-electron chi connectivity index (χ4n) is 2.79. The second kappa shape index (κ2) is 13.8. The smallest absolute Gasteiger partial charge is 0.303 e. The Kier molecular flexibility index (Phi) is 12.2. The number of allylic oxidation sites excluding steroid dienone is 2. The first-order valence-electron chi connectivity index (χ1n) is 9.60. The van der Waals surface area contributed by atoms with Crippen LogP contribution >= 0.6 is 23.2 Å². The molecule has 158 valence electrons. The highest BCUT2D eigenvalue weighted by molar-refractivity contribution is 6.35. The maximum absolute atomic E-state index is 10.5. The third-order valence-electron chi connectivity index (χ3n) is 4.49. The summed E-state index contributed by atoms with van der Waals surface area (Å²) in [6.07, 6.45) is 7.28. The number of aliphatic hydroxyl groups excluding tert-OH is 2. The van der Waals surface area contributed by atoms with Gasteiger partial charge in [-0.2, -0.15) is 0 Å². The Hall–Kier alpha value is -1.27. The highest BCUT2D eigenvalue weighted by Gasteiger charge is 2.15. The lowest BCUT2D eigenvalue weighted by atomic mass is 9.92. The number of rotatable bonds is 14. The van der Waals surface area contributed by atoms with Gasteiger partial charge >= 0.3 is 5.97 Å². The van der Waals surface area contributed by atoms with Crippen LogP contribution in [0.3, 0.4) is 0 Å². The first-order chi connectivity index (χ1) is 13.3. The van der Waals surface area contributed by atoms with Gasteiger partial charge in [0.15, 0.2) is 0 Å². The standard InChI is InChI=1S/C21H30Cl2O5/c1-15(24)16(7-4-2-3-5-10-21(26)27)8-6-9-18(25)14-28-20-12-11-17(22)13-19(20)23/h2,4,11-13,15-16,18,24-25H,3,5-10,14H2,1H3,(H,26,27). The number of aliphatic carboxylic acids is 1. The van der Waals surface area contributed by atoms with Gasteiger partial charge in [-0.1, -0.05) is 41.8 Å². The molecule has 0 spiro atoms. The van der Waals surface area contributed by atoms with E-state index in [1.165, 1.54) is 0 Å². The zero-order valence-corrected chi connectivity index (χ0v) is 17.7. The number of halogens is 2. The molecule has 5 nitrogen and oxygen atoms in total. The van der Waals surface area contributed by atoms with Crippen molar-refractivity contribution >= 4 is 29.2 Å². The van der Waals surface area contributed by atoms with Crippen LogP contribution in [0.4, 0.5) is 0 Å². The monoisotopic (exact) mass is 432 g/mol. The lowest BCUT2D eigenvalue weighted by molar-refractivity contribution is -0.137. The van der Waals surface area contributed by atoms with Crippen LogP contribution in [0.25, 0.3) is 0 Å². The minimum Gasteiger partial charge on any atom is -0.489 e. The normalized spacial score (nSPS) is 14.8. The van der Waals surface area contributed by atoms with Crippen LogP contribution in [0, 0.1) is 5.92 Å². The number of ether oxygens (including phenoxy) is 1. The number of benzene rings is 1. The van der Waals surface area contributed by atoms with Crippen LogP contribution in [0.5, 0.6) is 5.75 Å². The molecule has 3 N–H and O–H groups in total. The van der Waals surface area contributed by atoms with Crippen molar-refractivity contribution in [3.63, 3.8) is 0 Å². The van der Waals surface area contributed by atoms with Gasteiger partial charge in [0.1, 0.15) is 12.4 Å². The van der Waals surface area contributed by atoms with E-state index < -0.39 is 18.2 Å². The molecule has 0 aromatic heterocycles. The molecule has 0 radical (unpaired) electrons. The molecule has 0 bridgehead atoms.